The summed E-state index contributed by atoms with van der Waals surface area (Å²) < 4.78 is 0. The van der Waals surface area contributed by atoms with Gasteiger partial charge in [0.2, 0.25) is 0 Å². The van der Waals surface area contributed by atoms with Gasteiger partial charge < -0.3 is 10.6 Å². The molecule has 2 amide bonds. The quantitative estimate of drug-likeness (QED) is 0.690. The highest BCUT2D eigenvalue weighted by molar-refractivity contribution is 5.98. The van der Waals surface area contributed by atoms with Gasteiger partial charge in [-0.25, -0.2) is 0 Å². The van der Waals surface area contributed by atoms with Crippen molar-refractivity contribution in [3.8, 4) is 0 Å². The van der Waals surface area contributed by atoms with Crippen LogP contribution in [0.2, 0.25) is 0 Å². The Bertz CT molecular complexity index is 970. The van der Waals surface area contributed by atoms with Gasteiger partial charge in [0.25, 0.3) is 11.8 Å². The van der Waals surface area contributed by atoms with Crippen molar-refractivity contribution >= 4 is 11.8 Å². The first-order chi connectivity index (χ1) is 13.5. The molecular formula is C23H23N3O2. The smallest absolute Gasteiger partial charge is 0.270 e. The molecule has 0 saturated heterocycles. The van der Waals surface area contributed by atoms with Gasteiger partial charge in [0.1, 0.15) is 5.69 Å². The summed E-state index contributed by atoms with van der Waals surface area (Å²) in [6, 6.07) is 20.5. The van der Waals surface area contributed by atoms with Crippen LogP contribution in [0.1, 0.15) is 50.5 Å². The summed E-state index contributed by atoms with van der Waals surface area (Å²) in [6.45, 7) is 4.34. The number of hydrogen-bond acceptors (Lipinski definition) is 3. The van der Waals surface area contributed by atoms with E-state index in [1.807, 2.05) is 68.4 Å². The lowest BCUT2D eigenvalue weighted by molar-refractivity contribution is 0.0935. The van der Waals surface area contributed by atoms with Crippen molar-refractivity contribution in [3.05, 3.63) is 101 Å². The van der Waals surface area contributed by atoms with E-state index in [4.69, 9.17) is 0 Å². The zero-order valence-electron chi connectivity index (χ0n) is 16.0. The fraction of sp³-hybridized carbons (Fsp3) is 0.174. The summed E-state index contributed by atoms with van der Waals surface area (Å²) in [5.74, 6) is -0.555. The Kier molecular flexibility index (Phi) is 6.17. The predicted octanol–water partition coefficient (Wildman–Crippen LogP) is 3.81. The van der Waals surface area contributed by atoms with Crippen molar-refractivity contribution in [3.63, 3.8) is 0 Å². The van der Waals surface area contributed by atoms with E-state index >= 15 is 0 Å². The van der Waals surface area contributed by atoms with Gasteiger partial charge in [-0.3, -0.25) is 14.6 Å². The summed E-state index contributed by atoms with van der Waals surface area (Å²) in [4.78, 5) is 29.1. The highest BCUT2D eigenvalue weighted by Gasteiger charge is 2.15. The number of nitrogens with one attached hydrogen (secondary N) is 2. The molecule has 1 unspecified atom stereocenters. The molecule has 0 bridgehead atoms. The van der Waals surface area contributed by atoms with E-state index in [0.717, 1.165) is 16.7 Å². The highest BCUT2D eigenvalue weighted by atomic mass is 16.2. The van der Waals surface area contributed by atoms with E-state index in [-0.39, 0.29) is 23.6 Å². The summed E-state index contributed by atoms with van der Waals surface area (Å²) in [5.41, 5.74) is 3.79. The Morgan fingerprint density at radius 1 is 0.964 bits per heavy atom. The fourth-order valence-corrected chi connectivity index (χ4v) is 2.88. The Labute approximate surface area is 164 Å². The van der Waals surface area contributed by atoms with Gasteiger partial charge in [0, 0.05) is 18.3 Å². The number of amides is 2. The molecule has 1 heterocycles. The van der Waals surface area contributed by atoms with Crippen LogP contribution >= 0.6 is 0 Å². The Morgan fingerprint density at radius 3 is 2.43 bits per heavy atom. The Morgan fingerprint density at radius 2 is 1.68 bits per heavy atom. The second-order valence-corrected chi connectivity index (χ2v) is 6.64. The second kappa shape index (κ2) is 8.95. The molecule has 0 saturated carbocycles. The number of hydrogen-bond donors (Lipinski definition) is 2. The minimum atomic E-state index is -0.315. The zero-order chi connectivity index (χ0) is 19.9. The number of carbonyl (C=O) groups excluding carboxylic acids is 2. The van der Waals surface area contributed by atoms with E-state index in [0.29, 0.717) is 12.1 Å². The molecule has 142 valence electrons. The van der Waals surface area contributed by atoms with Gasteiger partial charge in [-0.15, -0.1) is 0 Å². The van der Waals surface area contributed by atoms with Crippen molar-refractivity contribution in [1.82, 2.24) is 15.6 Å². The third-order valence-electron chi connectivity index (χ3n) is 4.60. The first kappa shape index (κ1) is 19.3. The van der Waals surface area contributed by atoms with Crippen LogP contribution in [-0.2, 0) is 6.54 Å². The van der Waals surface area contributed by atoms with Crippen LogP contribution in [0.15, 0.2) is 72.9 Å². The molecule has 2 N–H and O–H groups in total. The molecule has 1 aromatic heterocycles. The van der Waals surface area contributed by atoms with E-state index in [9.17, 15) is 9.59 Å². The van der Waals surface area contributed by atoms with Gasteiger partial charge in [-0.05, 0) is 42.7 Å². The van der Waals surface area contributed by atoms with Crippen LogP contribution in [0, 0.1) is 6.92 Å². The molecule has 5 nitrogen and oxygen atoms in total. The maximum Gasteiger partial charge on any atom is 0.270 e. The lowest BCUT2D eigenvalue weighted by Crippen LogP contribution is -2.28. The molecule has 0 spiro atoms. The number of carbonyl (C=O) groups is 2. The fourth-order valence-electron chi connectivity index (χ4n) is 2.88. The van der Waals surface area contributed by atoms with Crippen molar-refractivity contribution in [1.29, 1.82) is 0 Å². The first-order valence-corrected chi connectivity index (χ1v) is 9.19. The molecule has 0 aliphatic carbocycles. The number of nitrogens with zero attached hydrogens (tertiary/aromatic N) is 1. The monoisotopic (exact) mass is 373 g/mol. The predicted molar refractivity (Wildman–Crippen MR) is 109 cm³/mol. The largest absolute Gasteiger partial charge is 0.348 e. The van der Waals surface area contributed by atoms with Crippen molar-refractivity contribution in [2.75, 3.05) is 0 Å². The Hall–Kier alpha value is -3.47. The number of benzene rings is 2. The molecule has 3 rings (SSSR count). The van der Waals surface area contributed by atoms with Crippen molar-refractivity contribution in [2.45, 2.75) is 26.4 Å². The molecule has 0 radical (unpaired) electrons. The van der Waals surface area contributed by atoms with Crippen LogP contribution in [0.4, 0.5) is 0 Å². The third kappa shape index (κ3) is 4.82. The zero-order valence-corrected chi connectivity index (χ0v) is 16.0. The lowest BCUT2D eigenvalue weighted by Gasteiger charge is -2.14. The molecule has 0 aliphatic heterocycles. The third-order valence-corrected chi connectivity index (χ3v) is 4.60. The van der Waals surface area contributed by atoms with E-state index in [1.54, 1.807) is 6.07 Å². The molecule has 1 atom stereocenters. The normalized spacial score (nSPS) is 11.5. The first-order valence-electron chi connectivity index (χ1n) is 9.19. The van der Waals surface area contributed by atoms with Gasteiger partial charge in [-0.2, -0.15) is 0 Å². The minimum Gasteiger partial charge on any atom is -0.348 e. The molecular weight excluding hydrogens is 350 g/mol. The number of pyridine rings is 1. The van der Waals surface area contributed by atoms with Gasteiger partial charge >= 0.3 is 0 Å². The maximum absolute atomic E-state index is 12.5. The minimum absolute atomic E-state index is 0.158. The summed E-state index contributed by atoms with van der Waals surface area (Å²) in [6.07, 6.45) is 1.48. The van der Waals surface area contributed by atoms with Gasteiger partial charge in [0.05, 0.1) is 6.04 Å². The van der Waals surface area contributed by atoms with Crippen LogP contribution in [-0.4, -0.2) is 16.8 Å². The molecule has 28 heavy (non-hydrogen) atoms. The van der Waals surface area contributed by atoms with Crippen LogP contribution in [0.3, 0.4) is 0 Å². The molecule has 0 fully saturated rings. The SMILES string of the molecule is Cc1ccccc1CNC(=O)c1ccnc(C(=O)NC(C)c2ccccc2)c1. The number of aryl methyl sites for hydroxylation is 1. The second-order valence-electron chi connectivity index (χ2n) is 6.64. The van der Waals surface area contributed by atoms with Crippen molar-refractivity contribution < 1.29 is 9.59 Å². The lowest BCUT2D eigenvalue weighted by atomic mass is 10.1. The average Bonchev–Trinajstić information content (AvgIpc) is 2.73. The van der Waals surface area contributed by atoms with E-state index < -0.39 is 0 Å². The summed E-state index contributed by atoms with van der Waals surface area (Å²) >= 11 is 0. The van der Waals surface area contributed by atoms with Gasteiger partial charge in [-0.1, -0.05) is 54.6 Å². The Balaban J connectivity index is 1.65. The number of aromatic nitrogens is 1. The van der Waals surface area contributed by atoms with Crippen LogP contribution < -0.4 is 10.6 Å². The highest BCUT2D eigenvalue weighted by Crippen LogP contribution is 2.12. The maximum atomic E-state index is 12.5. The topological polar surface area (TPSA) is 71.1 Å². The van der Waals surface area contributed by atoms with Gasteiger partial charge in [0.15, 0.2) is 0 Å². The van der Waals surface area contributed by atoms with E-state index in [2.05, 4.69) is 15.6 Å². The molecule has 5 heteroatoms. The molecule has 2 aromatic carbocycles. The van der Waals surface area contributed by atoms with Crippen molar-refractivity contribution in [2.24, 2.45) is 0 Å². The van der Waals surface area contributed by atoms with E-state index in [1.165, 1.54) is 12.3 Å². The summed E-state index contributed by atoms with van der Waals surface area (Å²) in [7, 11) is 0. The average molecular weight is 373 g/mol. The number of rotatable bonds is 6. The molecule has 3 aromatic rings. The molecule has 0 aliphatic rings. The van der Waals surface area contributed by atoms with Crippen LogP contribution in [0.25, 0.3) is 0 Å². The summed E-state index contributed by atoms with van der Waals surface area (Å²) in [5, 5.41) is 5.80. The van der Waals surface area contributed by atoms with Crippen LogP contribution in [0.5, 0.6) is 0 Å². The standard InChI is InChI=1S/C23H23N3O2/c1-16-8-6-7-11-20(16)15-25-22(27)19-12-13-24-21(14-19)23(28)26-17(2)18-9-4-3-5-10-18/h3-14,17H,15H2,1-2H3,(H,25,27)(H,26,28).